The molecule has 7 nitrogen and oxygen atoms in total. The Kier molecular flexibility index (Phi) is 7.41. The molecule has 0 aromatic heterocycles. The van der Waals surface area contributed by atoms with E-state index in [1.165, 1.54) is 7.11 Å². The first-order chi connectivity index (χ1) is 14.5. The van der Waals surface area contributed by atoms with Crippen LogP contribution in [0.15, 0.2) is 42.5 Å². The summed E-state index contributed by atoms with van der Waals surface area (Å²) in [7, 11) is 3.15. The summed E-state index contributed by atoms with van der Waals surface area (Å²) in [6.07, 6.45) is 1.65. The molecule has 1 atom stereocenters. The molecule has 8 heteroatoms. The lowest BCUT2D eigenvalue weighted by atomic mass is 10.1. The molecule has 160 valence electrons. The molecule has 3 rings (SSSR count). The van der Waals surface area contributed by atoms with Crippen LogP contribution in [-0.4, -0.2) is 43.6 Å². The van der Waals surface area contributed by atoms with Crippen molar-refractivity contribution in [3.05, 3.63) is 53.1 Å². The van der Waals surface area contributed by atoms with E-state index in [0.717, 1.165) is 11.3 Å². The Bertz CT molecular complexity index is 906. The third kappa shape index (κ3) is 5.79. The van der Waals surface area contributed by atoms with Crippen LogP contribution < -0.4 is 20.1 Å². The Balaban J connectivity index is 1.57. The number of halogens is 1. The minimum atomic E-state index is -0.353. The summed E-state index contributed by atoms with van der Waals surface area (Å²) in [6, 6.07) is 12.3. The van der Waals surface area contributed by atoms with Gasteiger partial charge in [-0.1, -0.05) is 23.7 Å². The van der Waals surface area contributed by atoms with Crippen LogP contribution in [0, 0.1) is 0 Å². The smallest absolute Gasteiger partial charge is 0.319 e. The normalized spacial score (nSPS) is 16.6. The molecule has 1 heterocycles. The van der Waals surface area contributed by atoms with E-state index < -0.39 is 0 Å². The van der Waals surface area contributed by atoms with E-state index in [0.29, 0.717) is 48.8 Å². The second-order valence-corrected chi connectivity index (χ2v) is 7.57. The second-order valence-electron chi connectivity index (χ2n) is 7.13. The van der Waals surface area contributed by atoms with E-state index in [2.05, 4.69) is 10.6 Å². The zero-order valence-corrected chi connectivity index (χ0v) is 17.9. The summed E-state index contributed by atoms with van der Waals surface area (Å²) in [6.45, 7) is 1.09. The molecule has 1 saturated heterocycles. The van der Waals surface area contributed by atoms with Gasteiger partial charge in [0.25, 0.3) is 0 Å². The van der Waals surface area contributed by atoms with Crippen LogP contribution in [0.3, 0.4) is 0 Å². The van der Waals surface area contributed by atoms with Crippen LogP contribution in [0.2, 0.25) is 5.02 Å². The first-order valence-corrected chi connectivity index (χ1v) is 10.2. The van der Waals surface area contributed by atoms with Crippen molar-refractivity contribution in [1.82, 2.24) is 10.2 Å². The number of anilines is 1. The van der Waals surface area contributed by atoms with Crippen molar-refractivity contribution >= 4 is 29.2 Å². The number of benzene rings is 2. The molecule has 1 aliphatic rings. The van der Waals surface area contributed by atoms with Crippen molar-refractivity contribution in [2.75, 3.05) is 26.1 Å². The predicted molar refractivity (Wildman–Crippen MR) is 116 cm³/mol. The lowest BCUT2D eigenvalue weighted by molar-refractivity contribution is -0.131. The lowest BCUT2D eigenvalue weighted by Crippen LogP contribution is -2.38. The summed E-state index contributed by atoms with van der Waals surface area (Å²) in [5, 5.41) is 6.23. The van der Waals surface area contributed by atoms with Gasteiger partial charge in [0.05, 0.1) is 19.9 Å². The van der Waals surface area contributed by atoms with Crippen molar-refractivity contribution < 1.29 is 19.1 Å². The molecule has 2 aromatic carbocycles. The first kappa shape index (κ1) is 21.8. The number of carbonyl (C=O) groups is 2. The van der Waals surface area contributed by atoms with Gasteiger partial charge in [-0.05, 0) is 48.7 Å². The largest absolute Gasteiger partial charge is 0.497 e. The van der Waals surface area contributed by atoms with Crippen LogP contribution in [0.5, 0.6) is 11.5 Å². The average Bonchev–Trinajstić information content (AvgIpc) is 2.90. The monoisotopic (exact) mass is 431 g/mol. The number of nitrogens with one attached hydrogen (secondary N) is 2. The fourth-order valence-electron chi connectivity index (χ4n) is 3.46. The minimum absolute atomic E-state index is 0.0824. The Morgan fingerprint density at radius 3 is 2.77 bits per heavy atom. The quantitative estimate of drug-likeness (QED) is 0.722. The maximum atomic E-state index is 12.6. The van der Waals surface area contributed by atoms with Gasteiger partial charge in [-0.15, -0.1) is 0 Å². The molecule has 0 radical (unpaired) electrons. The highest BCUT2D eigenvalue weighted by Gasteiger charge is 2.24. The molecular weight excluding hydrogens is 406 g/mol. The molecule has 2 N–H and O–H groups in total. The number of hydrogen-bond acceptors (Lipinski definition) is 4. The molecule has 0 spiro atoms. The highest BCUT2D eigenvalue weighted by molar-refractivity contribution is 6.31. The zero-order chi connectivity index (χ0) is 21.5. The Labute approximate surface area is 181 Å². The van der Waals surface area contributed by atoms with Crippen molar-refractivity contribution in [2.24, 2.45) is 0 Å². The van der Waals surface area contributed by atoms with Crippen molar-refractivity contribution in [3.8, 4) is 11.5 Å². The highest BCUT2D eigenvalue weighted by atomic mass is 35.5. The molecule has 30 heavy (non-hydrogen) atoms. The summed E-state index contributed by atoms with van der Waals surface area (Å²) in [4.78, 5) is 26.8. The number of urea groups is 1. The van der Waals surface area contributed by atoms with Gasteiger partial charge >= 0.3 is 6.03 Å². The molecule has 2 aromatic rings. The van der Waals surface area contributed by atoms with Crippen molar-refractivity contribution in [3.63, 3.8) is 0 Å². The van der Waals surface area contributed by atoms with Crippen LogP contribution in [0.25, 0.3) is 0 Å². The van der Waals surface area contributed by atoms with Gasteiger partial charge in [-0.3, -0.25) is 4.79 Å². The fourth-order valence-corrected chi connectivity index (χ4v) is 3.63. The number of amides is 3. The van der Waals surface area contributed by atoms with Gasteiger partial charge in [-0.2, -0.15) is 0 Å². The summed E-state index contributed by atoms with van der Waals surface area (Å²) in [5.74, 6) is 1.37. The Morgan fingerprint density at radius 1 is 1.17 bits per heavy atom. The standard InChI is InChI=1S/C22H26ClN3O4/c1-29-18-5-3-4-15(12-18)14-26-11-10-17(7-9-21(26)27)24-22(28)25-19-13-16(23)6-8-20(19)30-2/h3-6,8,12-13,17H,7,9-11,14H2,1-2H3,(H2,24,25,28). The zero-order valence-electron chi connectivity index (χ0n) is 17.1. The van der Waals surface area contributed by atoms with E-state index >= 15 is 0 Å². The number of ether oxygens (including phenoxy) is 2. The van der Waals surface area contributed by atoms with E-state index in [1.807, 2.05) is 29.2 Å². The Hall–Kier alpha value is -2.93. The SMILES string of the molecule is COc1cccc(CN2CCC(NC(=O)Nc3cc(Cl)ccc3OC)CCC2=O)c1. The number of carbonyl (C=O) groups excluding carboxylic acids is 2. The molecule has 0 bridgehead atoms. The van der Waals surface area contributed by atoms with Crippen LogP contribution >= 0.6 is 11.6 Å². The maximum Gasteiger partial charge on any atom is 0.319 e. The van der Waals surface area contributed by atoms with Crippen molar-refractivity contribution in [1.29, 1.82) is 0 Å². The molecule has 0 aliphatic carbocycles. The maximum absolute atomic E-state index is 12.6. The molecule has 0 saturated carbocycles. The third-order valence-corrected chi connectivity index (χ3v) is 5.29. The van der Waals surface area contributed by atoms with Gasteiger partial charge in [0, 0.05) is 30.6 Å². The molecule has 1 fully saturated rings. The molecule has 1 aliphatic heterocycles. The van der Waals surface area contributed by atoms with Gasteiger partial charge in [0.2, 0.25) is 5.91 Å². The average molecular weight is 432 g/mol. The van der Waals surface area contributed by atoms with E-state index in [4.69, 9.17) is 21.1 Å². The van der Waals surface area contributed by atoms with Gasteiger partial charge < -0.3 is 25.0 Å². The molecular formula is C22H26ClN3O4. The van der Waals surface area contributed by atoms with E-state index in [9.17, 15) is 9.59 Å². The van der Waals surface area contributed by atoms with Crippen LogP contribution in [0.4, 0.5) is 10.5 Å². The summed E-state index contributed by atoms with van der Waals surface area (Å²) < 4.78 is 10.5. The lowest BCUT2D eigenvalue weighted by Gasteiger charge is -2.21. The van der Waals surface area contributed by atoms with E-state index in [1.54, 1.807) is 25.3 Å². The number of methoxy groups -OCH3 is 2. The predicted octanol–water partition coefficient (Wildman–Crippen LogP) is 4.06. The van der Waals surface area contributed by atoms with Gasteiger partial charge in [0.15, 0.2) is 0 Å². The number of likely N-dealkylation sites (tertiary alicyclic amines) is 1. The summed E-state index contributed by atoms with van der Waals surface area (Å²) >= 11 is 6.01. The van der Waals surface area contributed by atoms with E-state index in [-0.39, 0.29) is 18.0 Å². The van der Waals surface area contributed by atoms with Gasteiger partial charge in [0.1, 0.15) is 11.5 Å². The third-order valence-electron chi connectivity index (χ3n) is 5.06. The van der Waals surface area contributed by atoms with Crippen LogP contribution in [0.1, 0.15) is 24.8 Å². The second kappa shape index (κ2) is 10.2. The first-order valence-electron chi connectivity index (χ1n) is 9.80. The topological polar surface area (TPSA) is 79.9 Å². The fraction of sp³-hybridized carbons (Fsp3) is 0.364. The van der Waals surface area contributed by atoms with Crippen molar-refractivity contribution in [2.45, 2.75) is 31.8 Å². The summed E-state index contributed by atoms with van der Waals surface area (Å²) in [5.41, 5.74) is 1.51. The highest BCUT2D eigenvalue weighted by Crippen LogP contribution is 2.27. The molecule has 3 amide bonds. The minimum Gasteiger partial charge on any atom is -0.497 e. The molecule has 1 unspecified atom stereocenters. The van der Waals surface area contributed by atoms with Gasteiger partial charge in [-0.25, -0.2) is 4.79 Å². The number of nitrogens with zero attached hydrogens (tertiary/aromatic N) is 1. The number of hydrogen-bond donors (Lipinski definition) is 2. The Morgan fingerprint density at radius 2 is 2.00 bits per heavy atom. The van der Waals surface area contributed by atoms with Crippen LogP contribution in [-0.2, 0) is 11.3 Å². The number of rotatable bonds is 6.